The van der Waals surface area contributed by atoms with Crippen molar-refractivity contribution in [2.75, 3.05) is 14.2 Å². The molecular formula is C42H80N2O8. The number of rotatable bonds is 34. The van der Waals surface area contributed by atoms with Crippen LogP contribution in [-0.2, 0) is 33.4 Å². The standard InChI is InChI=1S/C21H41NO4.C21H39NO4/c2*1-4-5-6-7-8-9-10-11-12-13-14-15-16-17-19(24)20(21(25)26-3)22-18(2)23/h19-20,24H,4-17H2,1-3H3,(H,22,23);20H,4-17H2,1-3H3,(H,22,23)/t19-,20+;/m0./s1. The van der Waals surface area contributed by atoms with Gasteiger partial charge in [0.15, 0.2) is 17.9 Å². The summed E-state index contributed by atoms with van der Waals surface area (Å²) in [7, 11) is 2.48. The normalized spacial score (nSPS) is 12.5. The minimum atomic E-state index is -1.16. The van der Waals surface area contributed by atoms with E-state index in [1.165, 1.54) is 156 Å². The first-order valence-corrected chi connectivity index (χ1v) is 21.0. The molecule has 0 bridgehead atoms. The van der Waals surface area contributed by atoms with Crippen molar-refractivity contribution < 1.29 is 38.6 Å². The van der Waals surface area contributed by atoms with Crippen molar-refractivity contribution >= 4 is 29.5 Å². The van der Waals surface area contributed by atoms with Crippen LogP contribution in [0.2, 0.25) is 0 Å². The lowest BCUT2D eigenvalue weighted by atomic mass is 10.0. The van der Waals surface area contributed by atoms with E-state index in [9.17, 15) is 29.1 Å². The van der Waals surface area contributed by atoms with E-state index >= 15 is 0 Å². The summed E-state index contributed by atoms with van der Waals surface area (Å²) in [6.45, 7) is 7.11. The monoisotopic (exact) mass is 741 g/mol. The highest BCUT2D eigenvalue weighted by Crippen LogP contribution is 2.15. The van der Waals surface area contributed by atoms with Gasteiger partial charge in [0.2, 0.25) is 11.8 Å². The highest BCUT2D eigenvalue weighted by atomic mass is 16.5. The van der Waals surface area contributed by atoms with E-state index < -0.39 is 36.0 Å². The van der Waals surface area contributed by atoms with E-state index in [0.29, 0.717) is 12.8 Å². The predicted molar refractivity (Wildman–Crippen MR) is 211 cm³/mol. The van der Waals surface area contributed by atoms with Crippen molar-refractivity contribution in [3.63, 3.8) is 0 Å². The third kappa shape index (κ3) is 33.4. The average molecular weight is 741 g/mol. The van der Waals surface area contributed by atoms with Crippen molar-refractivity contribution in [3.8, 4) is 0 Å². The minimum absolute atomic E-state index is 0.268. The molecule has 0 heterocycles. The number of Topliss-reactive ketones (excluding diaryl/α,β-unsaturated/α-hetero) is 1. The number of carbonyl (C=O) groups excluding carboxylic acids is 5. The lowest BCUT2D eigenvalue weighted by molar-refractivity contribution is -0.149. The largest absolute Gasteiger partial charge is 0.467 e. The van der Waals surface area contributed by atoms with Crippen LogP contribution in [-0.4, -0.2) is 67.0 Å². The van der Waals surface area contributed by atoms with E-state index in [1.54, 1.807) is 0 Å². The number of amides is 2. The van der Waals surface area contributed by atoms with Crippen LogP contribution in [0.3, 0.4) is 0 Å². The Labute approximate surface area is 318 Å². The van der Waals surface area contributed by atoms with Crippen LogP contribution >= 0.6 is 0 Å². The lowest BCUT2D eigenvalue weighted by Gasteiger charge is -2.21. The Kier molecular flexibility index (Phi) is 38.0. The van der Waals surface area contributed by atoms with Gasteiger partial charge in [-0.1, -0.05) is 174 Å². The molecule has 0 aromatic rings. The molecule has 0 radical (unpaired) electrons. The summed E-state index contributed by atoms with van der Waals surface area (Å²) >= 11 is 0. The van der Waals surface area contributed by atoms with Gasteiger partial charge in [0.05, 0.1) is 20.3 Å². The third-order valence-corrected chi connectivity index (χ3v) is 9.44. The lowest BCUT2D eigenvalue weighted by Crippen LogP contribution is -2.48. The van der Waals surface area contributed by atoms with Gasteiger partial charge in [-0.15, -0.1) is 0 Å². The zero-order valence-corrected chi connectivity index (χ0v) is 34.3. The van der Waals surface area contributed by atoms with Gasteiger partial charge < -0.3 is 25.2 Å². The second-order valence-electron chi connectivity index (χ2n) is 14.4. The molecule has 3 N–H and O–H groups in total. The van der Waals surface area contributed by atoms with E-state index in [0.717, 1.165) is 38.5 Å². The van der Waals surface area contributed by atoms with Crippen LogP contribution in [0.1, 0.15) is 207 Å². The van der Waals surface area contributed by atoms with Gasteiger partial charge in [0, 0.05) is 20.3 Å². The zero-order valence-electron chi connectivity index (χ0n) is 34.3. The number of hydrogen-bond acceptors (Lipinski definition) is 8. The number of nitrogens with one attached hydrogen (secondary N) is 2. The zero-order chi connectivity index (χ0) is 39.2. The van der Waals surface area contributed by atoms with Crippen molar-refractivity contribution in [3.05, 3.63) is 0 Å². The molecule has 0 rings (SSSR count). The van der Waals surface area contributed by atoms with Crippen LogP contribution in [0.5, 0.6) is 0 Å². The molecule has 10 nitrogen and oxygen atoms in total. The average Bonchev–Trinajstić information content (AvgIpc) is 3.12. The molecule has 0 spiro atoms. The molecule has 0 aromatic carbocycles. The van der Waals surface area contributed by atoms with Crippen LogP contribution < -0.4 is 10.6 Å². The van der Waals surface area contributed by atoms with Gasteiger partial charge in [-0.2, -0.15) is 0 Å². The Bertz CT molecular complexity index is 897. The number of unbranched alkanes of at least 4 members (excludes halogenated alkanes) is 24. The summed E-state index contributed by atoms with van der Waals surface area (Å²) in [4.78, 5) is 57.5. The number of hydrogen-bond donors (Lipinski definition) is 3. The van der Waals surface area contributed by atoms with Gasteiger partial charge in [-0.25, -0.2) is 9.59 Å². The number of aliphatic hydroxyl groups is 1. The van der Waals surface area contributed by atoms with Crippen LogP contribution in [0.4, 0.5) is 0 Å². The molecule has 0 aromatic heterocycles. The number of ether oxygens (including phenoxy) is 2. The van der Waals surface area contributed by atoms with E-state index in [2.05, 4.69) is 34.0 Å². The Morgan fingerprint density at radius 2 is 0.808 bits per heavy atom. The van der Waals surface area contributed by atoms with Crippen molar-refractivity contribution in [2.45, 2.75) is 226 Å². The molecule has 10 heteroatoms. The molecule has 2 amide bonds. The summed E-state index contributed by atoms with van der Waals surface area (Å²) in [5, 5.41) is 14.9. The van der Waals surface area contributed by atoms with Gasteiger partial charge in [-0.05, 0) is 12.8 Å². The number of aliphatic hydroxyl groups excluding tert-OH is 1. The maximum Gasteiger partial charge on any atom is 0.336 e. The molecular weight excluding hydrogens is 660 g/mol. The van der Waals surface area contributed by atoms with Crippen molar-refractivity contribution in [1.82, 2.24) is 10.6 Å². The Morgan fingerprint density at radius 1 is 0.481 bits per heavy atom. The fraction of sp³-hybridized carbons (Fsp3) is 0.881. The van der Waals surface area contributed by atoms with E-state index in [4.69, 9.17) is 0 Å². The van der Waals surface area contributed by atoms with Gasteiger partial charge in [0.1, 0.15) is 0 Å². The SMILES string of the molecule is CCCCCCCCCCCCCCCC(=O)C(NC(C)=O)C(=O)OC.CCCCCCCCCCCCCCC[C@H](O)[C@@H](NC(C)=O)C(=O)OC. The highest BCUT2D eigenvalue weighted by molar-refractivity contribution is 6.05. The smallest absolute Gasteiger partial charge is 0.336 e. The maximum absolute atomic E-state index is 12.1. The van der Waals surface area contributed by atoms with E-state index in [-0.39, 0.29) is 11.7 Å². The van der Waals surface area contributed by atoms with Crippen molar-refractivity contribution in [1.29, 1.82) is 0 Å². The fourth-order valence-corrected chi connectivity index (χ4v) is 6.25. The van der Waals surface area contributed by atoms with Crippen LogP contribution in [0, 0.1) is 0 Å². The molecule has 0 aliphatic heterocycles. The number of esters is 2. The first-order chi connectivity index (χ1) is 25.0. The first-order valence-electron chi connectivity index (χ1n) is 21.0. The summed E-state index contributed by atoms with van der Waals surface area (Å²) in [6.07, 6.45) is 32.5. The topological polar surface area (TPSA) is 148 Å². The van der Waals surface area contributed by atoms with Crippen LogP contribution in [0.25, 0.3) is 0 Å². The second-order valence-corrected chi connectivity index (χ2v) is 14.4. The predicted octanol–water partition coefficient (Wildman–Crippen LogP) is 9.22. The molecule has 3 atom stereocenters. The molecule has 1 unspecified atom stereocenters. The number of methoxy groups -OCH3 is 2. The molecule has 0 aliphatic carbocycles. The maximum atomic E-state index is 12.1. The van der Waals surface area contributed by atoms with Gasteiger partial charge in [-0.3, -0.25) is 14.4 Å². The molecule has 306 valence electrons. The molecule has 0 saturated heterocycles. The highest BCUT2D eigenvalue weighted by Gasteiger charge is 2.28. The molecule has 0 aliphatic rings. The molecule has 0 saturated carbocycles. The summed E-state index contributed by atoms with van der Waals surface area (Å²) in [5.41, 5.74) is 0. The minimum Gasteiger partial charge on any atom is -0.467 e. The summed E-state index contributed by atoms with van der Waals surface area (Å²) < 4.78 is 9.22. The third-order valence-electron chi connectivity index (χ3n) is 9.44. The Hall–Kier alpha value is -2.49. The Morgan fingerprint density at radius 3 is 1.13 bits per heavy atom. The van der Waals surface area contributed by atoms with Gasteiger partial charge in [0.25, 0.3) is 0 Å². The van der Waals surface area contributed by atoms with Crippen molar-refractivity contribution in [2.24, 2.45) is 0 Å². The Balaban J connectivity index is 0. The first kappa shape index (κ1) is 51.6. The molecule has 0 fully saturated rings. The molecule has 52 heavy (non-hydrogen) atoms. The second kappa shape index (κ2) is 38.2. The number of carbonyl (C=O) groups is 5. The number of ketones is 1. The summed E-state index contributed by atoms with van der Waals surface area (Å²) in [6, 6.07) is -2.12. The van der Waals surface area contributed by atoms with E-state index in [1.807, 2.05) is 0 Å². The van der Waals surface area contributed by atoms with Gasteiger partial charge >= 0.3 is 11.9 Å². The fourth-order valence-electron chi connectivity index (χ4n) is 6.25. The quantitative estimate of drug-likeness (QED) is 0.0336. The summed E-state index contributed by atoms with van der Waals surface area (Å²) in [5.74, 6) is -2.30. The van der Waals surface area contributed by atoms with Crippen LogP contribution in [0.15, 0.2) is 0 Å².